The van der Waals surface area contributed by atoms with E-state index >= 15 is 0 Å². The Balaban J connectivity index is 1.69. The predicted molar refractivity (Wildman–Crippen MR) is 196 cm³/mol. The second-order valence-corrected chi connectivity index (χ2v) is 14.0. The van der Waals surface area contributed by atoms with Crippen LogP contribution in [0.1, 0.15) is 162 Å². The van der Waals surface area contributed by atoms with Gasteiger partial charge in [-0.1, -0.05) is 124 Å². The van der Waals surface area contributed by atoms with Crippen LogP contribution in [0.4, 0.5) is 0 Å². The summed E-state index contributed by atoms with van der Waals surface area (Å²) in [6.07, 6.45) is 23.6. The number of esters is 1. The van der Waals surface area contributed by atoms with Crippen molar-refractivity contribution >= 4 is 5.97 Å². The number of unbranched alkanes of at least 4 members (excludes halogenated alkanes) is 12. The molecule has 15 heteroatoms. The van der Waals surface area contributed by atoms with Gasteiger partial charge >= 0.3 is 5.97 Å². The van der Waals surface area contributed by atoms with Crippen molar-refractivity contribution in [3.05, 3.63) is 53.4 Å². The van der Waals surface area contributed by atoms with Gasteiger partial charge in [0.05, 0.1) is 24.3 Å². The molecule has 0 unspecified atom stereocenters. The average Bonchev–Trinajstić information content (AvgIpc) is 3.71. The van der Waals surface area contributed by atoms with Gasteiger partial charge in [-0.05, 0) is 86.5 Å². The monoisotopic (exact) mass is 696 g/mol. The number of cyclic esters (lactones) is 1. The third kappa shape index (κ3) is 17.9. The lowest BCUT2D eigenvalue weighted by Crippen LogP contribution is -2.29. The van der Waals surface area contributed by atoms with E-state index in [1.54, 1.807) is 13.0 Å². The number of ether oxygens (including phenoxy) is 2. The van der Waals surface area contributed by atoms with E-state index in [9.17, 15) is 15.9 Å². The van der Waals surface area contributed by atoms with Gasteiger partial charge in [0, 0.05) is 37.3 Å². The lowest BCUT2D eigenvalue weighted by Gasteiger charge is -2.23. The molecule has 278 valence electrons. The van der Waals surface area contributed by atoms with Gasteiger partial charge < -0.3 is 9.47 Å². The van der Waals surface area contributed by atoms with Crippen LogP contribution in [0.3, 0.4) is 0 Å². The second kappa shape index (κ2) is 27.2. The normalized spacial score (nSPS) is 20.6. The fourth-order valence-electron chi connectivity index (χ4n) is 7.18. The molecular formula is C35H60N12O3. The average molecular weight is 697 g/mol. The third-order valence-corrected chi connectivity index (χ3v) is 9.94. The highest BCUT2D eigenvalue weighted by Gasteiger charge is 2.35. The van der Waals surface area contributed by atoms with Crippen molar-refractivity contribution in [3.63, 3.8) is 0 Å². The summed E-state index contributed by atoms with van der Waals surface area (Å²) < 4.78 is 11.5. The Hall–Kier alpha value is -3.59. The molecule has 0 N–H and O–H groups in total. The molecule has 0 bridgehead atoms. The number of nitrogens with zero attached hydrogens (tertiary/aromatic N) is 12. The van der Waals surface area contributed by atoms with Crippen LogP contribution in [-0.2, 0) is 14.3 Å². The predicted octanol–water partition coefficient (Wildman–Crippen LogP) is 12.3. The van der Waals surface area contributed by atoms with Crippen molar-refractivity contribution in [2.24, 2.45) is 20.5 Å². The van der Waals surface area contributed by atoms with Crippen LogP contribution in [0, 0.1) is 0 Å². The first-order valence-corrected chi connectivity index (χ1v) is 19.2. The van der Waals surface area contributed by atoms with Crippen LogP contribution in [0.25, 0.3) is 41.8 Å². The number of carbonyl (C=O) groups excluding carboxylic acids is 1. The molecule has 0 saturated carbocycles. The van der Waals surface area contributed by atoms with Gasteiger partial charge in [-0.2, -0.15) is 0 Å². The molecule has 0 radical (unpaired) electrons. The Bertz CT molecular complexity index is 1210. The van der Waals surface area contributed by atoms with Gasteiger partial charge in [0.1, 0.15) is 6.10 Å². The zero-order valence-electron chi connectivity index (χ0n) is 30.5. The van der Waals surface area contributed by atoms with Gasteiger partial charge in [0.15, 0.2) is 0 Å². The number of rotatable bonds is 30. The lowest BCUT2D eigenvalue weighted by atomic mass is 9.97. The van der Waals surface area contributed by atoms with Crippen molar-refractivity contribution in [1.82, 2.24) is 0 Å². The summed E-state index contributed by atoms with van der Waals surface area (Å²) in [7, 11) is 0. The Morgan fingerprint density at radius 2 is 1.06 bits per heavy atom. The molecular weight excluding hydrogens is 636 g/mol. The van der Waals surface area contributed by atoms with Gasteiger partial charge in [-0.15, -0.1) is 0 Å². The summed E-state index contributed by atoms with van der Waals surface area (Å²) in [5.41, 5.74) is 37.1. The van der Waals surface area contributed by atoms with Crippen LogP contribution in [-0.4, -0.2) is 48.4 Å². The molecule has 2 aliphatic heterocycles. The molecule has 1 fully saturated rings. The molecule has 1 saturated heterocycles. The largest absolute Gasteiger partial charge is 0.455 e. The summed E-state index contributed by atoms with van der Waals surface area (Å²) in [4.78, 5) is 24.1. The quantitative estimate of drug-likeness (QED) is 0.0234. The minimum atomic E-state index is -0.340. The Labute approximate surface area is 297 Å². The lowest BCUT2D eigenvalue weighted by molar-refractivity contribution is -0.139. The fourth-order valence-corrected chi connectivity index (χ4v) is 7.18. The van der Waals surface area contributed by atoms with Crippen LogP contribution >= 0.6 is 0 Å². The Morgan fingerprint density at radius 1 is 0.640 bits per heavy atom. The zero-order valence-corrected chi connectivity index (χ0v) is 30.5. The molecule has 0 aromatic rings. The Morgan fingerprint density at radius 3 is 1.56 bits per heavy atom. The molecule has 0 spiro atoms. The van der Waals surface area contributed by atoms with Gasteiger partial charge in [-0.3, -0.25) is 0 Å². The summed E-state index contributed by atoms with van der Waals surface area (Å²) in [5, 5.41) is 16.1. The minimum absolute atomic E-state index is 0.117. The standard InChI is InChI=1S/C35H60N12O3/c1-3-4-5-6-7-8-9-10-11-15-21-31(42-46-38)33-23-24-34(50-33)32(43-47-39)22-17-16-19-29(40-44-36)18-13-12-14-20-30(41-45-37)26-28-25-27(2)49-35(28)48/h25,27,29-34H,3-24,26H2,1-2H3/t27-,29-,30-,31-,32-,33+,34+/m0/s1. The first-order valence-electron chi connectivity index (χ1n) is 19.2. The van der Waals surface area contributed by atoms with Gasteiger partial charge in [-0.25, -0.2) is 4.79 Å². The highest BCUT2D eigenvalue weighted by Crippen LogP contribution is 2.31. The van der Waals surface area contributed by atoms with Crippen molar-refractivity contribution in [2.45, 2.75) is 204 Å². The molecule has 15 nitrogen and oxygen atoms in total. The highest BCUT2D eigenvalue weighted by molar-refractivity contribution is 5.90. The fraction of sp³-hybridized carbons (Fsp3) is 0.914. The summed E-state index contributed by atoms with van der Waals surface area (Å²) in [6.45, 7) is 4.04. The summed E-state index contributed by atoms with van der Waals surface area (Å²) in [5.74, 6) is -0.340. The van der Waals surface area contributed by atoms with Crippen molar-refractivity contribution in [3.8, 4) is 0 Å². The van der Waals surface area contributed by atoms with Crippen molar-refractivity contribution in [1.29, 1.82) is 0 Å². The number of azide groups is 4. The van der Waals surface area contributed by atoms with Gasteiger partial charge in [0.25, 0.3) is 0 Å². The molecule has 0 aromatic heterocycles. The summed E-state index contributed by atoms with van der Waals surface area (Å²) >= 11 is 0. The molecule has 7 atom stereocenters. The summed E-state index contributed by atoms with van der Waals surface area (Å²) in [6, 6.07) is -0.906. The number of hydrogen-bond donors (Lipinski definition) is 0. The molecule has 2 aliphatic rings. The zero-order chi connectivity index (χ0) is 36.2. The minimum Gasteiger partial charge on any atom is -0.455 e. The third-order valence-electron chi connectivity index (χ3n) is 9.94. The van der Waals surface area contributed by atoms with Gasteiger partial charge in [0.2, 0.25) is 0 Å². The van der Waals surface area contributed by atoms with Crippen LogP contribution in [0.5, 0.6) is 0 Å². The SMILES string of the molecule is CCCCCCCCCCCC[C@H](N=[N+]=[N-])[C@H]1CC[C@H]([C@H](CCCC[C@H](CCCCC[C@@H](CC2=C[C@H](C)OC2=O)N=[N+]=[N-])N=[N+]=[N-])N=[N+]=[N-])O1. The maximum atomic E-state index is 11.9. The first-order chi connectivity index (χ1) is 24.4. The molecule has 0 aromatic carbocycles. The number of hydrogen-bond acceptors (Lipinski definition) is 7. The van der Waals surface area contributed by atoms with Crippen LogP contribution in [0.15, 0.2) is 32.1 Å². The molecule has 2 rings (SSSR count). The van der Waals surface area contributed by atoms with E-state index in [0.29, 0.717) is 24.8 Å². The van der Waals surface area contributed by atoms with E-state index in [-0.39, 0.29) is 48.4 Å². The highest BCUT2D eigenvalue weighted by atomic mass is 16.5. The smallest absolute Gasteiger partial charge is 0.334 e. The molecule has 0 amide bonds. The maximum Gasteiger partial charge on any atom is 0.334 e. The van der Waals surface area contributed by atoms with E-state index in [1.807, 2.05) is 0 Å². The first kappa shape index (κ1) is 42.6. The van der Waals surface area contributed by atoms with Crippen LogP contribution in [0.2, 0.25) is 0 Å². The molecule has 2 heterocycles. The van der Waals surface area contributed by atoms with E-state index in [0.717, 1.165) is 77.0 Å². The van der Waals surface area contributed by atoms with Crippen molar-refractivity contribution < 1.29 is 14.3 Å². The van der Waals surface area contributed by atoms with E-state index < -0.39 is 0 Å². The van der Waals surface area contributed by atoms with E-state index in [4.69, 9.17) is 20.5 Å². The van der Waals surface area contributed by atoms with E-state index in [1.165, 1.54) is 51.4 Å². The van der Waals surface area contributed by atoms with Crippen molar-refractivity contribution in [2.75, 3.05) is 0 Å². The Kier molecular flexibility index (Phi) is 23.1. The molecule has 50 heavy (non-hydrogen) atoms. The molecule has 0 aliphatic carbocycles. The topological polar surface area (TPSA) is 231 Å². The number of carbonyl (C=O) groups is 1. The maximum absolute atomic E-state index is 11.9. The van der Waals surface area contributed by atoms with E-state index in [2.05, 4.69) is 47.0 Å². The second-order valence-electron chi connectivity index (χ2n) is 14.0. The van der Waals surface area contributed by atoms with Crippen LogP contribution < -0.4 is 0 Å².